The van der Waals surface area contributed by atoms with Gasteiger partial charge in [-0.05, 0) is 43.9 Å². The number of ether oxygens (including phenoxy) is 1. The van der Waals surface area contributed by atoms with Crippen LogP contribution in [0.2, 0.25) is 0 Å². The van der Waals surface area contributed by atoms with Crippen molar-refractivity contribution in [1.82, 2.24) is 14.9 Å². The number of fused-ring (bicyclic) bond motifs is 2. The zero-order valence-corrected chi connectivity index (χ0v) is 14.9. The predicted octanol–water partition coefficient (Wildman–Crippen LogP) is 2.38. The molecule has 3 fully saturated rings. The van der Waals surface area contributed by atoms with Gasteiger partial charge < -0.3 is 19.6 Å². The standard InChI is InChI=1S/C18H25FN4O3/c1-26-16-10-22(17-20-8-12(19)9-21-17)5-4-15(16)11-6-13-2-3-14(7-11)23(13)18(24)25/h8-9,11,13-16H,2-7,10H2,1H3,(H,24,25)/t11-,13-,14+,15?,16?. The van der Waals surface area contributed by atoms with Crippen LogP contribution in [0, 0.1) is 17.7 Å². The minimum atomic E-state index is -0.775. The van der Waals surface area contributed by atoms with E-state index >= 15 is 0 Å². The molecule has 1 amide bonds. The van der Waals surface area contributed by atoms with Crippen molar-refractivity contribution in [2.75, 3.05) is 25.1 Å². The third-order valence-electron chi connectivity index (χ3n) is 6.40. The highest BCUT2D eigenvalue weighted by Crippen LogP contribution is 2.44. The summed E-state index contributed by atoms with van der Waals surface area (Å²) < 4.78 is 18.9. The van der Waals surface area contributed by atoms with Gasteiger partial charge in [0.25, 0.3) is 0 Å². The summed E-state index contributed by atoms with van der Waals surface area (Å²) in [5, 5.41) is 9.45. The second-order valence-corrected chi connectivity index (χ2v) is 7.68. The average molecular weight is 364 g/mol. The lowest BCUT2D eigenvalue weighted by Crippen LogP contribution is -2.52. The Bertz CT molecular complexity index is 644. The van der Waals surface area contributed by atoms with Gasteiger partial charge in [0.15, 0.2) is 5.82 Å². The number of methoxy groups -OCH3 is 1. The lowest BCUT2D eigenvalue weighted by Gasteiger charge is -2.45. The minimum Gasteiger partial charge on any atom is -0.465 e. The van der Waals surface area contributed by atoms with Gasteiger partial charge in [0.05, 0.1) is 18.5 Å². The maximum Gasteiger partial charge on any atom is 0.407 e. The molecule has 1 aromatic heterocycles. The smallest absolute Gasteiger partial charge is 0.407 e. The molecule has 0 aromatic carbocycles. The summed E-state index contributed by atoms with van der Waals surface area (Å²) >= 11 is 0. The number of aromatic nitrogens is 2. The number of piperidine rings is 2. The highest BCUT2D eigenvalue weighted by molar-refractivity contribution is 5.66. The van der Waals surface area contributed by atoms with E-state index in [0.29, 0.717) is 24.3 Å². The van der Waals surface area contributed by atoms with E-state index in [2.05, 4.69) is 9.97 Å². The fraction of sp³-hybridized carbons (Fsp3) is 0.722. The van der Waals surface area contributed by atoms with Gasteiger partial charge in [0.2, 0.25) is 5.95 Å². The molecular weight excluding hydrogens is 339 g/mol. The van der Waals surface area contributed by atoms with Crippen molar-refractivity contribution >= 4 is 12.0 Å². The summed E-state index contributed by atoms with van der Waals surface area (Å²) in [4.78, 5) is 23.4. The molecule has 4 rings (SSSR count). The molecule has 3 aliphatic rings. The summed E-state index contributed by atoms with van der Waals surface area (Å²) in [5.74, 6) is 1.00. The number of nitrogens with zero attached hydrogens (tertiary/aromatic N) is 4. The number of hydrogen-bond donors (Lipinski definition) is 1. The largest absolute Gasteiger partial charge is 0.465 e. The van der Waals surface area contributed by atoms with Crippen LogP contribution in [0.5, 0.6) is 0 Å². The molecule has 4 heterocycles. The van der Waals surface area contributed by atoms with Crippen LogP contribution in [0.4, 0.5) is 15.1 Å². The van der Waals surface area contributed by atoms with E-state index < -0.39 is 11.9 Å². The molecule has 0 aliphatic carbocycles. The van der Waals surface area contributed by atoms with Crippen molar-refractivity contribution in [1.29, 1.82) is 0 Å². The summed E-state index contributed by atoms with van der Waals surface area (Å²) in [6.45, 7) is 1.49. The third kappa shape index (κ3) is 3.11. The quantitative estimate of drug-likeness (QED) is 0.887. The van der Waals surface area contributed by atoms with E-state index in [-0.39, 0.29) is 18.2 Å². The van der Waals surface area contributed by atoms with Crippen molar-refractivity contribution in [3.63, 3.8) is 0 Å². The van der Waals surface area contributed by atoms with E-state index in [9.17, 15) is 14.3 Å². The second-order valence-electron chi connectivity index (χ2n) is 7.68. The Morgan fingerprint density at radius 3 is 2.46 bits per heavy atom. The van der Waals surface area contributed by atoms with Gasteiger partial charge in [-0.25, -0.2) is 19.2 Å². The van der Waals surface area contributed by atoms with Crippen LogP contribution in [-0.2, 0) is 4.74 Å². The zero-order chi connectivity index (χ0) is 18.3. The highest BCUT2D eigenvalue weighted by atomic mass is 19.1. The van der Waals surface area contributed by atoms with Gasteiger partial charge in [0, 0.05) is 32.3 Å². The molecule has 8 heteroatoms. The van der Waals surface area contributed by atoms with Gasteiger partial charge >= 0.3 is 6.09 Å². The fourth-order valence-corrected chi connectivity index (χ4v) is 5.25. The first kappa shape index (κ1) is 17.5. The van der Waals surface area contributed by atoms with E-state index in [4.69, 9.17) is 4.74 Å². The molecule has 26 heavy (non-hydrogen) atoms. The first-order chi connectivity index (χ1) is 12.6. The third-order valence-corrected chi connectivity index (χ3v) is 6.40. The van der Waals surface area contributed by atoms with Crippen LogP contribution >= 0.6 is 0 Å². The molecule has 1 aromatic rings. The Hall–Kier alpha value is -1.96. The molecule has 0 saturated carbocycles. The molecule has 3 saturated heterocycles. The maximum absolute atomic E-state index is 13.1. The van der Waals surface area contributed by atoms with Gasteiger partial charge in [-0.15, -0.1) is 0 Å². The number of rotatable bonds is 3. The SMILES string of the molecule is COC1CN(c2ncc(F)cn2)CCC1[C@@H]1C[C@H]2CC[C@@H](C1)N2C(=O)O. The number of hydrogen-bond acceptors (Lipinski definition) is 5. The molecule has 5 atom stereocenters. The van der Waals surface area contributed by atoms with Crippen molar-refractivity contribution in [3.8, 4) is 0 Å². The lowest BCUT2D eigenvalue weighted by molar-refractivity contribution is -0.0111. The summed E-state index contributed by atoms with van der Waals surface area (Å²) in [6, 6.07) is 0.319. The predicted molar refractivity (Wildman–Crippen MR) is 92.5 cm³/mol. The molecule has 2 bridgehead atoms. The number of carbonyl (C=O) groups is 1. The number of halogens is 1. The Kier molecular flexibility index (Phi) is 4.69. The molecule has 0 spiro atoms. The molecule has 7 nitrogen and oxygen atoms in total. The number of carboxylic acid groups (broad SMARTS) is 1. The Morgan fingerprint density at radius 1 is 1.23 bits per heavy atom. The molecule has 1 N–H and O–H groups in total. The summed E-state index contributed by atoms with van der Waals surface area (Å²) in [6.07, 6.45) is 6.43. The topological polar surface area (TPSA) is 78.8 Å². The minimum absolute atomic E-state index is 0.0539. The highest BCUT2D eigenvalue weighted by Gasteiger charge is 2.47. The van der Waals surface area contributed by atoms with Crippen LogP contribution in [0.15, 0.2) is 12.4 Å². The van der Waals surface area contributed by atoms with E-state index in [1.807, 2.05) is 4.90 Å². The van der Waals surface area contributed by atoms with Crippen LogP contribution in [-0.4, -0.2) is 64.5 Å². The number of anilines is 1. The van der Waals surface area contributed by atoms with Crippen LogP contribution < -0.4 is 4.90 Å². The molecule has 2 unspecified atom stereocenters. The van der Waals surface area contributed by atoms with Crippen LogP contribution in [0.1, 0.15) is 32.1 Å². The summed E-state index contributed by atoms with van der Waals surface area (Å²) in [7, 11) is 1.73. The van der Waals surface area contributed by atoms with E-state index in [1.165, 1.54) is 12.4 Å². The molecule has 3 aliphatic heterocycles. The molecule has 142 valence electrons. The van der Waals surface area contributed by atoms with Crippen LogP contribution in [0.25, 0.3) is 0 Å². The zero-order valence-electron chi connectivity index (χ0n) is 14.9. The maximum atomic E-state index is 13.1. The first-order valence-corrected chi connectivity index (χ1v) is 9.33. The fourth-order valence-electron chi connectivity index (χ4n) is 5.25. The van der Waals surface area contributed by atoms with Crippen molar-refractivity contribution in [2.45, 2.75) is 50.3 Å². The van der Waals surface area contributed by atoms with Crippen molar-refractivity contribution in [3.05, 3.63) is 18.2 Å². The molecule has 0 radical (unpaired) electrons. The van der Waals surface area contributed by atoms with Gasteiger partial charge in [0.1, 0.15) is 0 Å². The van der Waals surface area contributed by atoms with E-state index in [1.54, 1.807) is 12.0 Å². The molecular formula is C18H25FN4O3. The number of amides is 1. The van der Waals surface area contributed by atoms with Gasteiger partial charge in [-0.2, -0.15) is 0 Å². The van der Waals surface area contributed by atoms with E-state index in [0.717, 1.165) is 38.6 Å². The monoisotopic (exact) mass is 364 g/mol. The summed E-state index contributed by atoms with van der Waals surface area (Å²) in [5.41, 5.74) is 0. The second kappa shape index (κ2) is 6.98. The van der Waals surface area contributed by atoms with Crippen molar-refractivity contribution in [2.24, 2.45) is 11.8 Å². The van der Waals surface area contributed by atoms with Gasteiger partial charge in [-0.3, -0.25) is 0 Å². The normalized spacial score (nSPS) is 34.2. The van der Waals surface area contributed by atoms with Gasteiger partial charge in [-0.1, -0.05) is 0 Å². The lowest BCUT2D eigenvalue weighted by atomic mass is 9.75. The Balaban J connectivity index is 1.44. The van der Waals surface area contributed by atoms with Crippen molar-refractivity contribution < 1.29 is 19.0 Å². The average Bonchev–Trinajstić information content (AvgIpc) is 2.92. The Labute approximate surface area is 152 Å². The van der Waals surface area contributed by atoms with Crippen LogP contribution in [0.3, 0.4) is 0 Å². The first-order valence-electron chi connectivity index (χ1n) is 9.33. The Morgan fingerprint density at radius 2 is 1.88 bits per heavy atom.